The fourth-order valence-electron chi connectivity index (χ4n) is 2.18. The van der Waals surface area contributed by atoms with Gasteiger partial charge in [-0.05, 0) is 23.8 Å². The van der Waals surface area contributed by atoms with Gasteiger partial charge in [-0.1, -0.05) is 29.8 Å². The number of aliphatic hydroxyl groups is 1. The molecule has 0 spiro atoms. The maximum atomic E-state index is 13.8. The lowest BCUT2D eigenvalue weighted by Gasteiger charge is -2.17. The Morgan fingerprint density at radius 3 is 2.57 bits per heavy atom. The number of rotatable bonds is 5. The molecule has 0 fully saturated rings. The van der Waals surface area contributed by atoms with Gasteiger partial charge in [-0.2, -0.15) is 0 Å². The van der Waals surface area contributed by atoms with E-state index < -0.39 is 11.9 Å². The zero-order valence-electron chi connectivity index (χ0n) is 11.8. The summed E-state index contributed by atoms with van der Waals surface area (Å²) in [6.07, 6.45) is -0.794. The van der Waals surface area contributed by atoms with Crippen LogP contribution in [0.1, 0.15) is 17.2 Å². The van der Waals surface area contributed by atoms with Crippen molar-refractivity contribution >= 4 is 11.6 Å². The molecule has 0 heterocycles. The monoisotopic (exact) mass is 310 g/mol. The highest BCUT2D eigenvalue weighted by atomic mass is 35.5. The number of aliphatic hydroxyl groups excluding tert-OH is 1. The molecule has 21 heavy (non-hydrogen) atoms. The van der Waals surface area contributed by atoms with E-state index >= 15 is 0 Å². The second kappa shape index (κ2) is 6.78. The number of para-hydroxylation sites is 1. The van der Waals surface area contributed by atoms with Gasteiger partial charge in [0.05, 0.1) is 20.3 Å². The van der Waals surface area contributed by atoms with Crippen molar-refractivity contribution in [3.05, 3.63) is 58.4 Å². The largest absolute Gasteiger partial charge is 0.493 e. The highest BCUT2D eigenvalue weighted by Crippen LogP contribution is 2.36. The Morgan fingerprint density at radius 2 is 1.95 bits per heavy atom. The van der Waals surface area contributed by atoms with E-state index in [2.05, 4.69) is 0 Å². The van der Waals surface area contributed by atoms with Crippen LogP contribution in [0.15, 0.2) is 36.4 Å². The first-order valence-electron chi connectivity index (χ1n) is 6.39. The van der Waals surface area contributed by atoms with Gasteiger partial charge in [-0.3, -0.25) is 0 Å². The molecule has 0 amide bonds. The minimum atomic E-state index is -0.911. The Bertz CT molecular complexity index is 631. The van der Waals surface area contributed by atoms with E-state index in [4.69, 9.17) is 21.1 Å². The fraction of sp³-hybridized carbons (Fsp3) is 0.250. The van der Waals surface area contributed by atoms with Crippen LogP contribution >= 0.6 is 11.6 Å². The van der Waals surface area contributed by atoms with Crippen LogP contribution in [0.2, 0.25) is 5.02 Å². The number of halogens is 2. The van der Waals surface area contributed by atoms with Crippen molar-refractivity contribution in [1.29, 1.82) is 0 Å². The fourth-order valence-corrected chi connectivity index (χ4v) is 2.34. The maximum absolute atomic E-state index is 13.8. The third-order valence-electron chi connectivity index (χ3n) is 3.22. The lowest BCUT2D eigenvalue weighted by atomic mass is 10.00. The average molecular weight is 311 g/mol. The van der Waals surface area contributed by atoms with Gasteiger partial charge in [0.1, 0.15) is 5.82 Å². The molecule has 0 aliphatic carbocycles. The van der Waals surface area contributed by atoms with Crippen LogP contribution in [-0.2, 0) is 6.42 Å². The van der Waals surface area contributed by atoms with E-state index in [1.807, 2.05) is 0 Å². The van der Waals surface area contributed by atoms with Gasteiger partial charge in [0.2, 0.25) is 0 Å². The zero-order chi connectivity index (χ0) is 15.4. The summed E-state index contributed by atoms with van der Waals surface area (Å²) in [5.41, 5.74) is 0.933. The van der Waals surface area contributed by atoms with Crippen molar-refractivity contribution < 1.29 is 19.0 Å². The van der Waals surface area contributed by atoms with Gasteiger partial charge < -0.3 is 14.6 Å². The van der Waals surface area contributed by atoms with Crippen LogP contribution in [0.5, 0.6) is 11.5 Å². The highest BCUT2D eigenvalue weighted by Gasteiger charge is 2.18. The Hall–Kier alpha value is -1.78. The van der Waals surface area contributed by atoms with E-state index in [9.17, 15) is 9.50 Å². The number of hydrogen-bond acceptors (Lipinski definition) is 3. The van der Waals surface area contributed by atoms with Crippen LogP contribution in [0, 0.1) is 5.82 Å². The van der Waals surface area contributed by atoms with Crippen molar-refractivity contribution in [3.63, 3.8) is 0 Å². The van der Waals surface area contributed by atoms with E-state index in [0.29, 0.717) is 27.6 Å². The molecule has 112 valence electrons. The minimum Gasteiger partial charge on any atom is -0.493 e. The molecule has 1 N–H and O–H groups in total. The molecule has 2 aromatic carbocycles. The van der Waals surface area contributed by atoms with Crippen molar-refractivity contribution in [2.75, 3.05) is 14.2 Å². The van der Waals surface area contributed by atoms with Gasteiger partial charge in [0.25, 0.3) is 0 Å². The van der Waals surface area contributed by atoms with Gasteiger partial charge in [-0.15, -0.1) is 0 Å². The summed E-state index contributed by atoms with van der Waals surface area (Å²) in [6, 6.07) is 9.59. The quantitative estimate of drug-likeness (QED) is 0.913. The smallest absolute Gasteiger partial charge is 0.166 e. The molecule has 1 unspecified atom stereocenters. The Kier molecular flexibility index (Phi) is 5.04. The summed E-state index contributed by atoms with van der Waals surface area (Å²) in [5.74, 6) is 0.524. The van der Waals surface area contributed by atoms with Crippen LogP contribution in [0.3, 0.4) is 0 Å². The van der Waals surface area contributed by atoms with E-state index in [-0.39, 0.29) is 6.42 Å². The molecule has 2 aromatic rings. The third kappa shape index (κ3) is 3.46. The van der Waals surface area contributed by atoms with E-state index in [1.165, 1.54) is 20.3 Å². The molecule has 0 aliphatic heterocycles. The van der Waals surface area contributed by atoms with E-state index in [1.54, 1.807) is 30.3 Å². The topological polar surface area (TPSA) is 38.7 Å². The lowest BCUT2D eigenvalue weighted by molar-refractivity contribution is 0.171. The summed E-state index contributed by atoms with van der Waals surface area (Å²) in [6.45, 7) is 0. The van der Waals surface area contributed by atoms with Crippen LogP contribution in [-0.4, -0.2) is 19.3 Å². The Balaban J connectivity index is 2.30. The molecule has 5 heteroatoms. The van der Waals surface area contributed by atoms with Crippen LogP contribution in [0.25, 0.3) is 0 Å². The third-order valence-corrected chi connectivity index (χ3v) is 3.46. The minimum absolute atomic E-state index is 0.118. The number of hydrogen-bond donors (Lipinski definition) is 1. The van der Waals surface area contributed by atoms with E-state index in [0.717, 1.165) is 0 Å². The van der Waals surface area contributed by atoms with Gasteiger partial charge in [0.15, 0.2) is 11.5 Å². The predicted molar refractivity (Wildman–Crippen MR) is 79.6 cm³/mol. The Morgan fingerprint density at radius 1 is 1.19 bits per heavy atom. The van der Waals surface area contributed by atoms with Crippen LogP contribution in [0.4, 0.5) is 4.39 Å². The Labute approximate surface area is 127 Å². The van der Waals surface area contributed by atoms with Crippen molar-refractivity contribution in [1.82, 2.24) is 0 Å². The van der Waals surface area contributed by atoms with Crippen molar-refractivity contribution in [2.45, 2.75) is 12.5 Å². The SMILES string of the molecule is COc1cccc(C(O)Cc2ccc(Cl)cc2F)c1OC. The normalized spacial score (nSPS) is 12.0. The molecule has 0 aliphatic rings. The van der Waals surface area contributed by atoms with Gasteiger partial charge in [-0.25, -0.2) is 4.39 Å². The summed E-state index contributed by atoms with van der Waals surface area (Å²) >= 11 is 5.72. The highest BCUT2D eigenvalue weighted by molar-refractivity contribution is 6.30. The first-order valence-corrected chi connectivity index (χ1v) is 6.77. The second-order valence-corrected chi connectivity index (χ2v) is 4.97. The molecular formula is C16H16ClFO3. The van der Waals surface area contributed by atoms with Gasteiger partial charge >= 0.3 is 0 Å². The average Bonchev–Trinajstić information content (AvgIpc) is 2.49. The summed E-state index contributed by atoms with van der Waals surface area (Å²) in [7, 11) is 3.02. The molecular weight excluding hydrogens is 295 g/mol. The summed E-state index contributed by atoms with van der Waals surface area (Å²) in [4.78, 5) is 0. The lowest BCUT2D eigenvalue weighted by Crippen LogP contribution is -2.06. The molecule has 0 radical (unpaired) electrons. The zero-order valence-corrected chi connectivity index (χ0v) is 12.5. The van der Waals surface area contributed by atoms with Crippen molar-refractivity contribution in [2.24, 2.45) is 0 Å². The second-order valence-electron chi connectivity index (χ2n) is 4.54. The van der Waals surface area contributed by atoms with Gasteiger partial charge in [0, 0.05) is 17.0 Å². The molecule has 2 rings (SSSR count). The predicted octanol–water partition coefficient (Wildman–Crippen LogP) is 3.77. The first kappa shape index (κ1) is 15.6. The van der Waals surface area contributed by atoms with Crippen LogP contribution < -0.4 is 9.47 Å². The molecule has 3 nitrogen and oxygen atoms in total. The summed E-state index contributed by atoms with van der Waals surface area (Å²) in [5, 5.41) is 10.7. The van der Waals surface area contributed by atoms with Crippen molar-refractivity contribution in [3.8, 4) is 11.5 Å². The number of ether oxygens (including phenoxy) is 2. The number of benzene rings is 2. The standard InChI is InChI=1S/C16H16ClFO3/c1-20-15-5-3-4-12(16(15)21-2)14(19)8-10-6-7-11(17)9-13(10)18/h3-7,9,14,19H,8H2,1-2H3. The summed E-state index contributed by atoms with van der Waals surface area (Å²) < 4.78 is 24.3. The molecule has 0 bridgehead atoms. The molecule has 0 aromatic heterocycles. The first-order chi connectivity index (χ1) is 10.1. The molecule has 1 atom stereocenters. The maximum Gasteiger partial charge on any atom is 0.166 e. The number of methoxy groups -OCH3 is 2. The molecule has 0 saturated carbocycles. The molecule has 0 saturated heterocycles.